The second-order valence-corrected chi connectivity index (χ2v) is 9.55. The van der Waals surface area contributed by atoms with Crippen molar-refractivity contribution in [1.29, 1.82) is 0 Å². The van der Waals surface area contributed by atoms with Crippen LogP contribution in [0.3, 0.4) is 0 Å². The van der Waals surface area contributed by atoms with E-state index in [4.69, 9.17) is 15.9 Å². The Morgan fingerprint density at radius 3 is 1.67 bits per heavy atom. The third-order valence-electron chi connectivity index (χ3n) is 6.19. The van der Waals surface area contributed by atoms with Gasteiger partial charge in [0.1, 0.15) is 23.9 Å². The van der Waals surface area contributed by atoms with E-state index >= 15 is 0 Å². The minimum atomic E-state index is -1.46. The molecular formula is C28H34N4O10. The van der Waals surface area contributed by atoms with Crippen molar-refractivity contribution in [2.45, 2.75) is 62.7 Å². The second kappa shape index (κ2) is 16.3. The Labute approximate surface area is 240 Å². The number of hydrogen-bond donors (Lipinski definition) is 8. The lowest BCUT2D eigenvalue weighted by Crippen LogP contribution is -2.58. The maximum absolute atomic E-state index is 13.3. The summed E-state index contributed by atoms with van der Waals surface area (Å²) in [6, 6.07) is 8.77. The van der Waals surface area contributed by atoms with Gasteiger partial charge in [-0.2, -0.15) is 0 Å². The predicted molar refractivity (Wildman–Crippen MR) is 147 cm³/mol. The van der Waals surface area contributed by atoms with E-state index in [1.807, 2.05) is 0 Å². The van der Waals surface area contributed by atoms with Gasteiger partial charge in [0.2, 0.25) is 17.7 Å². The molecule has 0 fully saturated rings. The molecule has 0 saturated carbocycles. The van der Waals surface area contributed by atoms with Gasteiger partial charge in [-0.15, -0.1) is 0 Å². The van der Waals surface area contributed by atoms with E-state index in [1.54, 1.807) is 30.3 Å². The summed E-state index contributed by atoms with van der Waals surface area (Å²) in [6.07, 6.45) is -1.75. The monoisotopic (exact) mass is 586 g/mol. The van der Waals surface area contributed by atoms with Gasteiger partial charge in [0.25, 0.3) is 0 Å². The van der Waals surface area contributed by atoms with E-state index in [0.29, 0.717) is 11.1 Å². The first kappa shape index (κ1) is 33.2. The van der Waals surface area contributed by atoms with E-state index in [-0.39, 0.29) is 31.4 Å². The fraction of sp³-hybridized carbons (Fsp3) is 0.357. The number of amides is 3. The van der Waals surface area contributed by atoms with Crippen molar-refractivity contribution in [2.75, 3.05) is 0 Å². The quantitative estimate of drug-likeness (QED) is 0.120. The molecule has 0 aliphatic carbocycles. The van der Waals surface area contributed by atoms with E-state index < -0.39 is 72.6 Å². The lowest BCUT2D eigenvalue weighted by atomic mass is 10.0. The minimum absolute atomic E-state index is 0.0479. The maximum atomic E-state index is 13.3. The van der Waals surface area contributed by atoms with Gasteiger partial charge in [-0.25, -0.2) is 4.79 Å². The predicted octanol–water partition coefficient (Wildman–Crippen LogP) is -0.227. The van der Waals surface area contributed by atoms with Gasteiger partial charge in [-0.3, -0.25) is 24.0 Å². The highest BCUT2D eigenvalue weighted by Crippen LogP contribution is 2.13. The van der Waals surface area contributed by atoms with Gasteiger partial charge < -0.3 is 42.1 Å². The Balaban J connectivity index is 2.27. The average molecular weight is 587 g/mol. The number of nitrogens with one attached hydrogen (secondary N) is 3. The molecule has 226 valence electrons. The molecule has 4 unspecified atom stereocenters. The standard InChI is InChI=1S/C28H34N4O10/c29-19(10-12-23(34)35)25(38)30-20(11-13-24(36)37)26(39)31-21(14-17-6-8-18(33)9-7-17)27(40)32-22(28(41)42)15-16-4-2-1-3-5-16/h1-9,19-22,33H,10-15,29H2,(H,30,38)(H,31,39)(H,32,40)(H,34,35)(H,36,37)(H,41,42). The van der Waals surface area contributed by atoms with Crippen LogP contribution in [0.2, 0.25) is 0 Å². The molecule has 0 saturated heterocycles. The van der Waals surface area contributed by atoms with Crippen molar-refractivity contribution >= 4 is 35.6 Å². The molecule has 14 nitrogen and oxygen atoms in total. The number of carbonyl (C=O) groups excluding carboxylic acids is 3. The summed E-state index contributed by atoms with van der Waals surface area (Å²) in [5.41, 5.74) is 6.85. The molecule has 0 aliphatic rings. The van der Waals surface area contributed by atoms with E-state index in [1.165, 1.54) is 24.3 Å². The molecule has 3 amide bonds. The summed E-state index contributed by atoms with van der Waals surface area (Å²) in [6.45, 7) is 0. The first-order chi connectivity index (χ1) is 19.8. The van der Waals surface area contributed by atoms with Crippen LogP contribution < -0.4 is 21.7 Å². The summed E-state index contributed by atoms with van der Waals surface area (Å²) in [4.78, 5) is 73.0. The van der Waals surface area contributed by atoms with Crippen molar-refractivity contribution < 1.29 is 49.2 Å². The third kappa shape index (κ3) is 11.6. The molecule has 2 rings (SSSR count). The number of nitrogens with two attached hydrogens (primary N) is 1. The lowest BCUT2D eigenvalue weighted by Gasteiger charge is -2.25. The number of phenolic OH excluding ortho intramolecular Hbond substituents is 1. The molecule has 0 radical (unpaired) electrons. The number of benzene rings is 2. The van der Waals surface area contributed by atoms with Crippen LogP contribution in [0, 0.1) is 0 Å². The van der Waals surface area contributed by atoms with Crippen LogP contribution >= 0.6 is 0 Å². The van der Waals surface area contributed by atoms with Crippen LogP contribution in [0.15, 0.2) is 54.6 Å². The molecular weight excluding hydrogens is 552 g/mol. The fourth-order valence-corrected chi connectivity index (χ4v) is 3.90. The lowest BCUT2D eigenvalue weighted by molar-refractivity contribution is -0.142. The fourth-order valence-electron chi connectivity index (χ4n) is 3.90. The Morgan fingerprint density at radius 1 is 0.619 bits per heavy atom. The van der Waals surface area contributed by atoms with Crippen LogP contribution in [0.25, 0.3) is 0 Å². The normalized spacial score (nSPS) is 13.5. The zero-order valence-corrected chi connectivity index (χ0v) is 22.6. The number of aliphatic carboxylic acids is 3. The van der Waals surface area contributed by atoms with Gasteiger partial charge in [0.15, 0.2) is 0 Å². The molecule has 2 aromatic rings. The number of aromatic hydroxyl groups is 1. The van der Waals surface area contributed by atoms with E-state index in [0.717, 1.165) is 0 Å². The summed E-state index contributed by atoms with van der Waals surface area (Å²) < 4.78 is 0. The van der Waals surface area contributed by atoms with Gasteiger partial charge in [0, 0.05) is 25.7 Å². The first-order valence-corrected chi connectivity index (χ1v) is 13.0. The Hall–Kier alpha value is -4.98. The van der Waals surface area contributed by atoms with Gasteiger partial charge in [0.05, 0.1) is 6.04 Å². The minimum Gasteiger partial charge on any atom is -0.508 e. The van der Waals surface area contributed by atoms with E-state index in [2.05, 4.69) is 16.0 Å². The number of hydrogen-bond acceptors (Lipinski definition) is 8. The number of rotatable bonds is 17. The first-order valence-electron chi connectivity index (χ1n) is 13.0. The molecule has 0 spiro atoms. The Bertz CT molecular complexity index is 1250. The van der Waals surface area contributed by atoms with Crippen molar-refractivity contribution in [1.82, 2.24) is 16.0 Å². The van der Waals surface area contributed by atoms with Gasteiger partial charge >= 0.3 is 17.9 Å². The zero-order valence-electron chi connectivity index (χ0n) is 22.6. The van der Waals surface area contributed by atoms with Crippen molar-refractivity contribution in [3.8, 4) is 5.75 Å². The smallest absolute Gasteiger partial charge is 0.326 e. The van der Waals surface area contributed by atoms with Gasteiger partial charge in [-0.1, -0.05) is 42.5 Å². The number of phenols is 1. The average Bonchev–Trinajstić information content (AvgIpc) is 2.94. The summed E-state index contributed by atoms with van der Waals surface area (Å²) >= 11 is 0. The topological polar surface area (TPSA) is 245 Å². The summed E-state index contributed by atoms with van der Waals surface area (Å²) in [5.74, 6) is -6.51. The molecule has 2 aromatic carbocycles. The van der Waals surface area contributed by atoms with Crippen LogP contribution in [-0.4, -0.2) is 80.2 Å². The molecule has 14 heteroatoms. The Kier molecular flexibility index (Phi) is 12.9. The van der Waals surface area contributed by atoms with Gasteiger partial charge in [-0.05, 0) is 36.1 Å². The highest BCUT2D eigenvalue weighted by molar-refractivity contribution is 5.94. The third-order valence-corrected chi connectivity index (χ3v) is 6.19. The molecule has 0 bridgehead atoms. The largest absolute Gasteiger partial charge is 0.508 e. The van der Waals surface area contributed by atoms with Crippen LogP contribution in [0.5, 0.6) is 5.75 Å². The summed E-state index contributed by atoms with van der Waals surface area (Å²) in [5, 5.41) is 44.4. The molecule has 42 heavy (non-hydrogen) atoms. The van der Waals surface area contributed by atoms with Crippen molar-refractivity contribution in [3.05, 3.63) is 65.7 Å². The van der Waals surface area contributed by atoms with Crippen molar-refractivity contribution in [2.24, 2.45) is 5.73 Å². The Morgan fingerprint density at radius 2 is 1.10 bits per heavy atom. The zero-order chi connectivity index (χ0) is 31.2. The molecule has 9 N–H and O–H groups in total. The molecule has 0 aliphatic heterocycles. The van der Waals surface area contributed by atoms with Crippen molar-refractivity contribution in [3.63, 3.8) is 0 Å². The van der Waals surface area contributed by atoms with E-state index in [9.17, 15) is 39.0 Å². The molecule has 4 atom stereocenters. The van der Waals surface area contributed by atoms with Crippen LogP contribution in [0.4, 0.5) is 0 Å². The number of carboxylic acid groups (broad SMARTS) is 3. The second-order valence-electron chi connectivity index (χ2n) is 9.55. The summed E-state index contributed by atoms with van der Waals surface area (Å²) in [7, 11) is 0. The SMILES string of the molecule is NC(CCC(=O)O)C(=O)NC(CCC(=O)O)C(=O)NC(Cc1ccc(O)cc1)C(=O)NC(Cc1ccccc1)C(=O)O. The molecule has 0 aromatic heterocycles. The maximum Gasteiger partial charge on any atom is 0.326 e. The molecule has 0 heterocycles. The van der Waals surface area contributed by atoms with Crippen LogP contribution in [0.1, 0.15) is 36.8 Å². The van der Waals surface area contributed by atoms with Crippen LogP contribution in [-0.2, 0) is 41.6 Å². The highest BCUT2D eigenvalue weighted by Gasteiger charge is 2.31. The number of carbonyl (C=O) groups is 6. The number of carboxylic acids is 3. The highest BCUT2D eigenvalue weighted by atomic mass is 16.4.